The fourth-order valence-electron chi connectivity index (χ4n) is 3.36. The summed E-state index contributed by atoms with van der Waals surface area (Å²) in [5, 5.41) is 0. The first-order valence-electron chi connectivity index (χ1n) is 8.63. The molecule has 0 bridgehead atoms. The predicted molar refractivity (Wildman–Crippen MR) is 101 cm³/mol. The van der Waals surface area contributed by atoms with E-state index in [1.165, 1.54) is 37.0 Å². The minimum atomic E-state index is 0.360. The van der Waals surface area contributed by atoms with Gasteiger partial charge in [0.05, 0.1) is 22.0 Å². The molecule has 1 N–H and O–H groups in total. The maximum absolute atomic E-state index is 6.33. The summed E-state index contributed by atoms with van der Waals surface area (Å²) < 4.78 is 6.33. The number of aromatic nitrogens is 2. The van der Waals surface area contributed by atoms with Gasteiger partial charge < -0.3 is 9.72 Å². The predicted octanol–water partition coefficient (Wildman–Crippen LogP) is 5.66. The van der Waals surface area contributed by atoms with Gasteiger partial charge in [-0.1, -0.05) is 36.8 Å². The molecule has 1 fully saturated rings. The van der Waals surface area contributed by atoms with Crippen molar-refractivity contribution in [1.82, 2.24) is 9.97 Å². The molecule has 1 aliphatic carbocycles. The summed E-state index contributed by atoms with van der Waals surface area (Å²) in [6.45, 7) is 0. The lowest BCUT2D eigenvalue weighted by molar-refractivity contribution is 0.151. The highest BCUT2D eigenvalue weighted by Crippen LogP contribution is 2.35. The molecule has 0 spiro atoms. The smallest absolute Gasteiger partial charge is 0.138 e. The summed E-state index contributed by atoms with van der Waals surface area (Å²) in [6, 6.07) is 14.5. The fraction of sp³-hybridized carbons (Fsp3) is 0.350. The molecular formula is C20H22N2OS. The van der Waals surface area contributed by atoms with E-state index in [9.17, 15) is 0 Å². The second-order valence-electron chi connectivity index (χ2n) is 6.35. The van der Waals surface area contributed by atoms with Crippen LogP contribution in [0.2, 0.25) is 0 Å². The highest BCUT2D eigenvalue weighted by atomic mass is 32.2. The van der Waals surface area contributed by atoms with Crippen molar-refractivity contribution < 1.29 is 4.74 Å². The lowest BCUT2D eigenvalue weighted by Crippen LogP contribution is -2.19. The standard InChI is InChI=1S/C20H22N2OS/c1-24-19-13-17-16(12-18(19)23-15-10-6-3-7-11-15)21-20(22-17)14-8-4-2-5-9-14/h2,4-5,8-9,12-13,15H,3,6-7,10-11H2,1H3,(H,21,22). The number of H-pyrrole nitrogens is 1. The summed E-state index contributed by atoms with van der Waals surface area (Å²) in [6.07, 6.45) is 8.70. The van der Waals surface area contributed by atoms with E-state index >= 15 is 0 Å². The first kappa shape index (κ1) is 15.6. The minimum Gasteiger partial charge on any atom is -0.489 e. The molecule has 4 rings (SSSR count). The maximum Gasteiger partial charge on any atom is 0.138 e. The monoisotopic (exact) mass is 338 g/mol. The van der Waals surface area contributed by atoms with Gasteiger partial charge in [0.2, 0.25) is 0 Å². The van der Waals surface area contributed by atoms with E-state index in [1.807, 2.05) is 18.2 Å². The Morgan fingerprint density at radius 1 is 1.08 bits per heavy atom. The van der Waals surface area contributed by atoms with Crippen LogP contribution < -0.4 is 4.74 Å². The van der Waals surface area contributed by atoms with Gasteiger partial charge in [-0.3, -0.25) is 0 Å². The highest BCUT2D eigenvalue weighted by Gasteiger charge is 2.18. The van der Waals surface area contributed by atoms with Crippen LogP contribution in [0, 0.1) is 0 Å². The van der Waals surface area contributed by atoms with Crippen LogP contribution >= 0.6 is 11.8 Å². The molecule has 124 valence electrons. The summed E-state index contributed by atoms with van der Waals surface area (Å²) in [5.74, 6) is 1.90. The van der Waals surface area contributed by atoms with Crippen molar-refractivity contribution >= 4 is 22.8 Å². The highest BCUT2D eigenvalue weighted by molar-refractivity contribution is 7.98. The number of nitrogens with one attached hydrogen (secondary N) is 1. The minimum absolute atomic E-state index is 0.360. The van der Waals surface area contributed by atoms with Crippen molar-refractivity contribution in [3.8, 4) is 17.1 Å². The molecule has 24 heavy (non-hydrogen) atoms. The first-order valence-corrected chi connectivity index (χ1v) is 9.86. The van der Waals surface area contributed by atoms with Gasteiger partial charge in [0.25, 0.3) is 0 Å². The second-order valence-corrected chi connectivity index (χ2v) is 7.20. The number of fused-ring (bicyclic) bond motifs is 1. The molecule has 1 saturated carbocycles. The zero-order valence-electron chi connectivity index (χ0n) is 13.9. The Balaban J connectivity index is 1.69. The van der Waals surface area contributed by atoms with Crippen LogP contribution in [-0.4, -0.2) is 22.3 Å². The van der Waals surface area contributed by atoms with E-state index < -0.39 is 0 Å². The zero-order chi connectivity index (χ0) is 16.4. The van der Waals surface area contributed by atoms with E-state index in [-0.39, 0.29) is 0 Å². The molecule has 0 unspecified atom stereocenters. The van der Waals surface area contributed by atoms with Crippen LogP contribution in [0.1, 0.15) is 32.1 Å². The van der Waals surface area contributed by atoms with Gasteiger partial charge in [0.15, 0.2) is 0 Å². The number of benzene rings is 2. The van der Waals surface area contributed by atoms with Gasteiger partial charge in [-0.25, -0.2) is 4.98 Å². The quantitative estimate of drug-likeness (QED) is 0.623. The Bertz CT molecular complexity index is 822. The van der Waals surface area contributed by atoms with Crippen molar-refractivity contribution in [2.75, 3.05) is 6.26 Å². The molecular weight excluding hydrogens is 316 g/mol. The van der Waals surface area contributed by atoms with Crippen LogP contribution in [0.25, 0.3) is 22.4 Å². The van der Waals surface area contributed by atoms with Crippen LogP contribution in [0.4, 0.5) is 0 Å². The van der Waals surface area contributed by atoms with Crippen LogP contribution in [-0.2, 0) is 0 Å². The Morgan fingerprint density at radius 3 is 2.62 bits per heavy atom. The summed E-state index contributed by atoms with van der Waals surface area (Å²) >= 11 is 1.73. The molecule has 2 aromatic carbocycles. The van der Waals surface area contributed by atoms with E-state index in [0.717, 1.165) is 28.2 Å². The Hall–Kier alpha value is -1.94. The van der Waals surface area contributed by atoms with Crippen LogP contribution in [0.15, 0.2) is 47.4 Å². The normalized spacial score (nSPS) is 15.7. The molecule has 1 aromatic heterocycles. The molecule has 0 amide bonds. The summed E-state index contributed by atoms with van der Waals surface area (Å²) in [4.78, 5) is 9.36. The third kappa shape index (κ3) is 3.16. The van der Waals surface area contributed by atoms with Crippen molar-refractivity contribution in [3.63, 3.8) is 0 Å². The van der Waals surface area contributed by atoms with Gasteiger partial charge in [-0.2, -0.15) is 0 Å². The number of rotatable bonds is 4. The molecule has 0 atom stereocenters. The number of thioether (sulfide) groups is 1. The third-order valence-corrected chi connectivity index (χ3v) is 5.42. The zero-order valence-corrected chi connectivity index (χ0v) is 14.7. The molecule has 0 aliphatic heterocycles. The number of hydrogen-bond acceptors (Lipinski definition) is 3. The Labute approximate surface area is 146 Å². The molecule has 0 radical (unpaired) electrons. The number of aromatic amines is 1. The average Bonchev–Trinajstić information content (AvgIpc) is 3.05. The Morgan fingerprint density at radius 2 is 1.88 bits per heavy atom. The molecule has 3 aromatic rings. The lowest BCUT2D eigenvalue weighted by atomic mass is 9.98. The second kappa shape index (κ2) is 6.89. The van der Waals surface area contributed by atoms with Gasteiger partial charge in [-0.15, -0.1) is 11.8 Å². The number of hydrogen-bond donors (Lipinski definition) is 1. The fourth-order valence-corrected chi connectivity index (χ4v) is 3.90. The first-order chi connectivity index (χ1) is 11.8. The van der Waals surface area contributed by atoms with Crippen molar-refractivity contribution in [2.24, 2.45) is 0 Å². The largest absolute Gasteiger partial charge is 0.489 e. The molecule has 0 saturated heterocycles. The molecule has 3 nitrogen and oxygen atoms in total. The van der Waals surface area contributed by atoms with E-state index in [2.05, 4.69) is 35.5 Å². The van der Waals surface area contributed by atoms with Crippen molar-refractivity contribution in [1.29, 1.82) is 0 Å². The maximum atomic E-state index is 6.33. The molecule has 1 heterocycles. The van der Waals surface area contributed by atoms with Crippen LogP contribution in [0.5, 0.6) is 5.75 Å². The van der Waals surface area contributed by atoms with Crippen molar-refractivity contribution in [2.45, 2.75) is 43.1 Å². The van der Waals surface area contributed by atoms with Gasteiger partial charge >= 0.3 is 0 Å². The third-order valence-electron chi connectivity index (χ3n) is 4.66. The van der Waals surface area contributed by atoms with Gasteiger partial charge in [0, 0.05) is 11.6 Å². The number of ether oxygens (including phenoxy) is 1. The van der Waals surface area contributed by atoms with E-state index in [0.29, 0.717) is 6.10 Å². The number of nitrogens with zero attached hydrogens (tertiary/aromatic N) is 1. The topological polar surface area (TPSA) is 37.9 Å². The Kier molecular flexibility index (Phi) is 4.48. The van der Waals surface area contributed by atoms with E-state index in [4.69, 9.17) is 9.72 Å². The summed E-state index contributed by atoms with van der Waals surface area (Å²) in [7, 11) is 0. The number of imidazole rings is 1. The van der Waals surface area contributed by atoms with Gasteiger partial charge in [0.1, 0.15) is 11.6 Å². The lowest BCUT2D eigenvalue weighted by Gasteiger charge is -2.24. The van der Waals surface area contributed by atoms with Gasteiger partial charge in [-0.05, 0) is 38.0 Å². The molecule has 1 aliphatic rings. The van der Waals surface area contributed by atoms with Crippen molar-refractivity contribution in [3.05, 3.63) is 42.5 Å². The SMILES string of the molecule is CSc1cc2nc(-c3ccccc3)[nH]c2cc1OC1CCCCC1. The van der Waals surface area contributed by atoms with Crippen LogP contribution in [0.3, 0.4) is 0 Å². The summed E-state index contributed by atoms with van der Waals surface area (Å²) in [5.41, 5.74) is 3.14. The molecule has 4 heteroatoms. The van der Waals surface area contributed by atoms with E-state index in [1.54, 1.807) is 11.8 Å². The average molecular weight is 338 g/mol.